The zero-order valence-electron chi connectivity index (χ0n) is 15.1. The van der Waals surface area contributed by atoms with Gasteiger partial charge in [-0.25, -0.2) is 8.42 Å². The second-order valence-corrected chi connectivity index (χ2v) is 8.46. The Morgan fingerprint density at radius 1 is 1.15 bits per heavy atom. The van der Waals surface area contributed by atoms with E-state index in [1.54, 1.807) is 18.2 Å². The van der Waals surface area contributed by atoms with Crippen LogP contribution >= 0.6 is 11.6 Å². The Kier molecular flexibility index (Phi) is 6.44. The maximum absolute atomic E-state index is 12.5. The molecule has 0 radical (unpaired) electrons. The van der Waals surface area contributed by atoms with Gasteiger partial charge in [0, 0.05) is 26.8 Å². The number of amides is 1. The minimum Gasteiger partial charge on any atom is -0.376 e. The van der Waals surface area contributed by atoms with E-state index < -0.39 is 15.9 Å². The van der Waals surface area contributed by atoms with E-state index in [-0.39, 0.29) is 11.4 Å². The third-order valence-electron chi connectivity index (χ3n) is 3.77. The Hall–Kier alpha value is -2.60. The average molecular weight is 407 g/mol. The monoisotopic (exact) mass is 406 g/mol. The van der Waals surface area contributed by atoms with Crippen molar-refractivity contribution >= 4 is 38.9 Å². The molecule has 0 aliphatic heterocycles. The van der Waals surface area contributed by atoms with Crippen LogP contribution in [0.1, 0.15) is 5.56 Å². The predicted molar refractivity (Wildman–Crippen MR) is 105 cm³/mol. The largest absolute Gasteiger partial charge is 0.376 e. The number of carbonyl (C=O) groups excluding carboxylic acids is 1. The van der Waals surface area contributed by atoms with Gasteiger partial charge in [-0.05, 0) is 42.5 Å². The van der Waals surface area contributed by atoms with Crippen molar-refractivity contribution in [2.75, 3.05) is 37.9 Å². The predicted octanol–water partition coefficient (Wildman–Crippen LogP) is 2.54. The molecule has 0 atom stereocenters. The van der Waals surface area contributed by atoms with Crippen molar-refractivity contribution in [1.82, 2.24) is 4.31 Å². The standard InChI is InChI=1S/C18H19ClN4O3S/c1-22(2)17-9-6-14(10-16(17)19)21-18(24)12-23(3)27(25,26)15-7-4-13(11-20)5-8-15/h4-10H,12H2,1-3H3,(H,21,24). The maximum atomic E-state index is 12.5. The van der Waals surface area contributed by atoms with E-state index in [2.05, 4.69) is 5.32 Å². The van der Waals surface area contributed by atoms with Gasteiger partial charge in [0.1, 0.15) is 0 Å². The first-order valence-electron chi connectivity index (χ1n) is 7.88. The second kappa shape index (κ2) is 8.39. The molecule has 2 aromatic rings. The summed E-state index contributed by atoms with van der Waals surface area (Å²) < 4.78 is 26.0. The number of likely N-dealkylation sites (N-methyl/N-ethyl adjacent to an activating group) is 1. The molecule has 0 saturated heterocycles. The van der Waals surface area contributed by atoms with Gasteiger partial charge in [0.15, 0.2) is 0 Å². The lowest BCUT2D eigenvalue weighted by Gasteiger charge is -2.18. The normalized spacial score (nSPS) is 11.1. The highest BCUT2D eigenvalue weighted by Gasteiger charge is 2.23. The van der Waals surface area contributed by atoms with Crippen LogP contribution in [0.3, 0.4) is 0 Å². The van der Waals surface area contributed by atoms with Gasteiger partial charge in [-0.3, -0.25) is 4.79 Å². The molecule has 0 heterocycles. The van der Waals surface area contributed by atoms with Crippen molar-refractivity contribution in [3.8, 4) is 6.07 Å². The number of sulfonamides is 1. The summed E-state index contributed by atoms with van der Waals surface area (Å²) in [6.45, 7) is -0.366. The van der Waals surface area contributed by atoms with Crippen molar-refractivity contribution in [2.45, 2.75) is 4.90 Å². The fourth-order valence-electron chi connectivity index (χ4n) is 2.32. The van der Waals surface area contributed by atoms with E-state index in [4.69, 9.17) is 16.9 Å². The van der Waals surface area contributed by atoms with Crippen LogP contribution in [-0.2, 0) is 14.8 Å². The lowest BCUT2D eigenvalue weighted by molar-refractivity contribution is -0.116. The van der Waals surface area contributed by atoms with E-state index in [9.17, 15) is 13.2 Å². The third-order valence-corrected chi connectivity index (χ3v) is 5.89. The highest BCUT2D eigenvalue weighted by molar-refractivity contribution is 7.89. The molecule has 0 aliphatic carbocycles. The number of nitrogens with one attached hydrogen (secondary N) is 1. The van der Waals surface area contributed by atoms with Gasteiger partial charge in [-0.1, -0.05) is 11.6 Å². The zero-order chi connectivity index (χ0) is 20.2. The molecule has 0 fully saturated rings. The minimum atomic E-state index is -3.85. The van der Waals surface area contributed by atoms with Crippen LogP contribution in [0, 0.1) is 11.3 Å². The molecule has 0 aromatic heterocycles. The van der Waals surface area contributed by atoms with Crippen LogP contribution in [0.5, 0.6) is 0 Å². The van der Waals surface area contributed by atoms with Crippen LogP contribution in [-0.4, -0.2) is 46.3 Å². The number of anilines is 2. The molecule has 9 heteroatoms. The molecule has 2 aromatic carbocycles. The Labute approximate surface area is 163 Å². The van der Waals surface area contributed by atoms with E-state index in [0.29, 0.717) is 16.3 Å². The number of nitriles is 1. The molecule has 7 nitrogen and oxygen atoms in total. The number of halogens is 1. The minimum absolute atomic E-state index is 0.00943. The maximum Gasteiger partial charge on any atom is 0.243 e. The molecular weight excluding hydrogens is 388 g/mol. The van der Waals surface area contributed by atoms with Crippen LogP contribution in [0.4, 0.5) is 11.4 Å². The topological polar surface area (TPSA) is 93.5 Å². The number of benzene rings is 2. The molecule has 142 valence electrons. The number of nitrogens with zero attached hydrogens (tertiary/aromatic N) is 3. The van der Waals surface area contributed by atoms with Gasteiger partial charge in [0.05, 0.1) is 33.8 Å². The molecule has 1 amide bonds. The molecule has 27 heavy (non-hydrogen) atoms. The van der Waals surface area contributed by atoms with Gasteiger partial charge in [-0.2, -0.15) is 9.57 Å². The lowest BCUT2D eigenvalue weighted by Crippen LogP contribution is -2.35. The quantitative estimate of drug-likeness (QED) is 0.795. The Balaban J connectivity index is 2.08. The van der Waals surface area contributed by atoms with Crippen LogP contribution in [0.2, 0.25) is 5.02 Å². The average Bonchev–Trinajstić information content (AvgIpc) is 2.61. The van der Waals surface area contributed by atoms with Crippen LogP contribution in [0.15, 0.2) is 47.4 Å². The summed E-state index contributed by atoms with van der Waals surface area (Å²) >= 11 is 6.17. The van der Waals surface area contributed by atoms with Gasteiger partial charge in [0.2, 0.25) is 15.9 Å². The molecule has 0 aliphatic rings. The van der Waals surface area contributed by atoms with Crippen LogP contribution < -0.4 is 10.2 Å². The molecule has 2 rings (SSSR count). The molecule has 0 saturated carbocycles. The fourth-order valence-corrected chi connectivity index (χ4v) is 3.79. The fraction of sp³-hybridized carbons (Fsp3) is 0.222. The number of rotatable bonds is 6. The van der Waals surface area contributed by atoms with E-state index in [1.807, 2.05) is 25.1 Å². The lowest BCUT2D eigenvalue weighted by atomic mass is 10.2. The third kappa shape index (κ3) is 4.98. The van der Waals surface area contributed by atoms with Gasteiger partial charge in [0.25, 0.3) is 0 Å². The summed E-state index contributed by atoms with van der Waals surface area (Å²) in [7, 11) is 1.17. The first-order valence-corrected chi connectivity index (χ1v) is 9.70. The van der Waals surface area contributed by atoms with Crippen molar-refractivity contribution in [3.63, 3.8) is 0 Å². The summed E-state index contributed by atoms with van der Waals surface area (Å²) in [6.07, 6.45) is 0. The molecule has 1 N–H and O–H groups in total. The number of carbonyl (C=O) groups is 1. The highest BCUT2D eigenvalue weighted by Crippen LogP contribution is 2.27. The summed E-state index contributed by atoms with van der Waals surface area (Å²) in [4.78, 5) is 14.1. The first kappa shape index (κ1) is 20.7. The summed E-state index contributed by atoms with van der Waals surface area (Å²) in [6, 6.07) is 12.5. The van der Waals surface area contributed by atoms with Crippen molar-refractivity contribution in [3.05, 3.63) is 53.1 Å². The second-order valence-electron chi connectivity index (χ2n) is 6.01. The summed E-state index contributed by atoms with van der Waals surface area (Å²) in [5.41, 5.74) is 1.63. The number of hydrogen-bond acceptors (Lipinski definition) is 5. The zero-order valence-corrected chi connectivity index (χ0v) is 16.7. The van der Waals surface area contributed by atoms with Gasteiger partial charge >= 0.3 is 0 Å². The summed E-state index contributed by atoms with van der Waals surface area (Å²) in [5, 5.41) is 11.9. The molecule has 0 bridgehead atoms. The van der Waals surface area contributed by atoms with E-state index in [0.717, 1.165) is 9.99 Å². The summed E-state index contributed by atoms with van der Waals surface area (Å²) in [5.74, 6) is -0.497. The van der Waals surface area contributed by atoms with Crippen LogP contribution in [0.25, 0.3) is 0 Å². The highest BCUT2D eigenvalue weighted by atomic mass is 35.5. The SMILES string of the molecule is CN(C)c1ccc(NC(=O)CN(C)S(=O)(=O)c2ccc(C#N)cc2)cc1Cl. The Morgan fingerprint density at radius 2 is 1.78 bits per heavy atom. The van der Waals surface area contributed by atoms with Gasteiger partial charge in [-0.15, -0.1) is 0 Å². The van der Waals surface area contributed by atoms with E-state index >= 15 is 0 Å². The number of hydrogen-bond donors (Lipinski definition) is 1. The Bertz CT molecular complexity index is 983. The smallest absolute Gasteiger partial charge is 0.243 e. The molecular formula is C18H19ClN4O3S. The van der Waals surface area contributed by atoms with Gasteiger partial charge < -0.3 is 10.2 Å². The van der Waals surface area contributed by atoms with E-state index in [1.165, 1.54) is 31.3 Å². The van der Waals surface area contributed by atoms with Crippen molar-refractivity contribution in [2.24, 2.45) is 0 Å². The molecule has 0 spiro atoms. The van der Waals surface area contributed by atoms with Crippen molar-refractivity contribution < 1.29 is 13.2 Å². The molecule has 0 unspecified atom stereocenters. The Morgan fingerprint density at radius 3 is 2.30 bits per heavy atom. The first-order chi connectivity index (χ1) is 12.6. The van der Waals surface area contributed by atoms with Crippen molar-refractivity contribution in [1.29, 1.82) is 5.26 Å².